The number of hydrogen-bond donors (Lipinski definition) is 1. The molecule has 2 amide bonds. The van der Waals surface area contributed by atoms with Crippen LogP contribution in [-0.4, -0.2) is 42.9 Å². The van der Waals surface area contributed by atoms with E-state index in [0.717, 1.165) is 63.2 Å². The molecule has 1 saturated heterocycles. The van der Waals surface area contributed by atoms with Gasteiger partial charge in [0.1, 0.15) is 0 Å². The van der Waals surface area contributed by atoms with E-state index in [1.807, 2.05) is 17.0 Å². The van der Waals surface area contributed by atoms with Gasteiger partial charge in [-0.1, -0.05) is 26.2 Å². The molecule has 26 heavy (non-hydrogen) atoms. The predicted octanol–water partition coefficient (Wildman–Crippen LogP) is 3.65. The molecule has 0 radical (unpaired) electrons. The van der Waals surface area contributed by atoms with Gasteiger partial charge in [-0.2, -0.15) is 0 Å². The van der Waals surface area contributed by atoms with Crippen LogP contribution in [0.2, 0.25) is 0 Å². The van der Waals surface area contributed by atoms with Gasteiger partial charge >= 0.3 is 0 Å². The maximum absolute atomic E-state index is 12.2. The highest BCUT2D eigenvalue weighted by Crippen LogP contribution is 2.26. The van der Waals surface area contributed by atoms with Crippen molar-refractivity contribution in [2.24, 2.45) is 5.92 Å². The summed E-state index contributed by atoms with van der Waals surface area (Å²) in [5.41, 5.74) is 2.03. The normalized spacial score (nSPS) is 18.2. The van der Waals surface area contributed by atoms with Gasteiger partial charge in [0.15, 0.2) is 0 Å². The lowest BCUT2D eigenvalue weighted by Gasteiger charge is -2.36. The smallest absolute Gasteiger partial charge is 0.227 e. The van der Waals surface area contributed by atoms with Crippen LogP contribution in [0.1, 0.15) is 51.9 Å². The molecule has 1 aromatic carbocycles. The molecule has 0 bridgehead atoms. The molecule has 1 aliphatic heterocycles. The van der Waals surface area contributed by atoms with E-state index in [-0.39, 0.29) is 17.7 Å². The Balaban J connectivity index is 1.48. The lowest BCUT2D eigenvalue weighted by Crippen LogP contribution is -2.48. The summed E-state index contributed by atoms with van der Waals surface area (Å²) in [6, 6.07) is 8.11. The van der Waals surface area contributed by atoms with Crippen LogP contribution in [0.25, 0.3) is 0 Å². The first-order valence-corrected chi connectivity index (χ1v) is 10.1. The number of hydrogen-bond acceptors (Lipinski definition) is 3. The van der Waals surface area contributed by atoms with Crippen LogP contribution < -0.4 is 10.2 Å². The van der Waals surface area contributed by atoms with Crippen LogP contribution in [0.4, 0.5) is 11.4 Å². The van der Waals surface area contributed by atoms with Gasteiger partial charge in [-0.05, 0) is 43.5 Å². The summed E-state index contributed by atoms with van der Waals surface area (Å²) in [6.45, 7) is 5.44. The molecular weight excluding hydrogens is 326 g/mol. The van der Waals surface area contributed by atoms with Gasteiger partial charge in [0.25, 0.3) is 0 Å². The summed E-state index contributed by atoms with van der Waals surface area (Å²) in [5, 5.41) is 3.05. The van der Waals surface area contributed by atoms with Gasteiger partial charge in [0.05, 0.1) is 0 Å². The second-order valence-corrected chi connectivity index (χ2v) is 7.49. The molecule has 2 aliphatic rings. The molecule has 142 valence electrons. The van der Waals surface area contributed by atoms with E-state index in [1.165, 1.54) is 12.8 Å². The summed E-state index contributed by atoms with van der Waals surface area (Å²) in [4.78, 5) is 28.6. The van der Waals surface area contributed by atoms with Crippen molar-refractivity contribution in [1.82, 2.24) is 4.90 Å². The molecule has 1 aliphatic carbocycles. The van der Waals surface area contributed by atoms with E-state index in [1.54, 1.807) is 0 Å². The maximum atomic E-state index is 12.2. The standard InChI is InChI=1S/C21H31N3O2/c1-2-3-8-20(25)24-15-13-23(14-16-24)19-11-9-18(10-12-19)22-21(26)17-6-4-5-7-17/h9-12,17H,2-8,13-16H2,1H3,(H,22,26). The zero-order valence-electron chi connectivity index (χ0n) is 15.9. The third-order valence-corrected chi connectivity index (χ3v) is 5.60. The van der Waals surface area contributed by atoms with Crippen molar-refractivity contribution in [3.05, 3.63) is 24.3 Å². The fraction of sp³-hybridized carbons (Fsp3) is 0.619. The lowest BCUT2D eigenvalue weighted by molar-refractivity contribution is -0.131. The van der Waals surface area contributed by atoms with Gasteiger partial charge in [0.2, 0.25) is 11.8 Å². The first kappa shape index (κ1) is 18.7. The molecular formula is C21H31N3O2. The molecule has 2 fully saturated rings. The number of benzene rings is 1. The minimum absolute atomic E-state index is 0.162. The maximum Gasteiger partial charge on any atom is 0.227 e. The third-order valence-electron chi connectivity index (χ3n) is 5.60. The van der Waals surface area contributed by atoms with E-state index in [2.05, 4.69) is 29.3 Å². The minimum Gasteiger partial charge on any atom is -0.368 e. The molecule has 3 rings (SSSR count). The van der Waals surface area contributed by atoms with Crippen molar-refractivity contribution in [2.45, 2.75) is 51.9 Å². The second-order valence-electron chi connectivity index (χ2n) is 7.49. The Labute approximate surface area is 156 Å². The van der Waals surface area contributed by atoms with Crippen molar-refractivity contribution < 1.29 is 9.59 Å². The van der Waals surface area contributed by atoms with Crippen molar-refractivity contribution in [1.29, 1.82) is 0 Å². The number of nitrogens with one attached hydrogen (secondary N) is 1. The number of amides is 2. The van der Waals surface area contributed by atoms with Gasteiger partial charge in [-0.3, -0.25) is 9.59 Å². The van der Waals surface area contributed by atoms with Gasteiger partial charge in [0, 0.05) is 49.9 Å². The highest BCUT2D eigenvalue weighted by atomic mass is 16.2. The van der Waals surface area contributed by atoms with Crippen molar-refractivity contribution in [2.75, 3.05) is 36.4 Å². The number of nitrogens with zero attached hydrogens (tertiary/aromatic N) is 2. The number of unbranched alkanes of at least 4 members (excludes halogenated alkanes) is 1. The highest BCUT2D eigenvalue weighted by Gasteiger charge is 2.23. The van der Waals surface area contributed by atoms with Crippen molar-refractivity contribution >= 4 is 23.2 Å². The average molecular weight is 357 g/mol. The molecule has 5 nitrogen and oxygen atoms in total. The number of anilines is 2. The van der Waals surface area contributed by atoms with Crippen LogP contribution in [-0.2, 0) is 9.59 Å². The molecule has 0 unspecified atom stereocenters. The van der Waals surface area contributed by atoms with Crippen LogP contribution in [0.3, 0.4) is 0 Å². The third kappa shape index (κ3) is 4.77. The topological polar surface area (TPSA) is 52.7 Å². The lowest BCUT2D eigenvalue weighted by atomic mass is 10.1. The first-order valence-electron chi connectivity index (χ1n) is 10.1. The summed E-state index contributed by atoms with van der Waals surface area (Å²) in [5.74, 6) is 0.638. The largest absolute Gasteiger partial charge is 0.368 e. The first-order chi connectivity index (χ1) is 12.7. The van der Waals surface area contributed by atoms with Crippen LogP contribution >= 0.6 is 0 Å². The number of piperazine rings is 1. The fourth-order valence-electron chi connectivity index (χ4n) is 3.89. The average Bonchev–Trinajstić information content (AvgIpc) is 3.22. The van der Waals surface area contributed by atoms with Gasteiger partial charge < -0.3 is 15.1 Å². The Morgan fingerprint density at radius 2 is 1.69 bits per heavy atom. The van der Waals surface area contributed by atoms with E-state index >= 15 is 0 Å². The number of rotatable bonds is 6. The van der Waals surface area contributed by atoms with Crippen LogP contribution in [0.5, 0.6) is 0 Å². The number of carbonyl (C=O) groups is 2. The van der Waals surface area contributed by atoms with E-state index in [9.17, 15) is 9.59 Å². The van der Waals surface area contributed by atoms with E-state index in [4.69, 9.17) is 0 Å². The predicted molar refractivity (Wildman–Crippen MR) is 105 cm³/mol. The summed E-state index contributed by atoms with van der Waals surface area (Å²) >= 11 is 0. The highest BCUT2D eigenvalue weighted by molar-refractivity contribution is 5.92. The monoisotopic (exact) mass is 357 g/mol. The fourth-order valence-corrected chi connectivity index (χ4v) is 3.89. The van der Waals surface area contributed by atoms with Crippen molar-refractivity contribution in [3.63, 3.8) is 0 Å². The molecule has 1 saturated carbocycles. The van der Waals surface area contributed by atoms with Gasteiger partial charge in [-0.15, -0.1) is 0 Å². The molecule has 1 aromatic rings. The Morgan fingerprint density at radius 3 is 2.31 bits per heavy atom. The molecule has 0 atom stereocenters. The minimum atomic E-state index is 0.162. The summed E-state index contributed by atoms with van der Waals surface area (Å²) < 4.78 is 0. The second kappa shape index (κ2) is 9.06. The molecule has 1 heterocycles. The Bertz CT molecular complexity index is 600. The van der Waals surface area contributed by atoms with E-state index < -0.39 is 0 Å². The SMILES string of the molecule is CCCCC(=O)N1CCN(c2ccc(NC(=O)C3CCCC3)cc2)CC1. The molecule has 0 spiro atoms. The Morgan fingerprint density at radius 1 is 1.04 bits per heavy atom. The Kier molecular flexibility index (Phi) is 6.53. The summed E-state index contributed by atoms with van der Waals surface area (Å²) in [7, 11) is 0. The van der Waals surface area contributed by atoms with Crippen molar-refractivity contribution in [3.8, 4) is 0 Å². The zero-order chi connectivity index (χ0) is 18.4. The number of carbonyl (C=O) groups excluding carboxylic acids is 2. The van der Waals surface area contributed by atoms with Crippen LogP contribution in [0, 0.1) is 5.92 Å². The summed E-state index contributed by atoms with van der Waals surface area (Å²) in [6.07, 6.45) is 7.10. The molecule has 1 N–H and O–H groups in total. The quantitative estimate of drug-likeness (QED) is 0.845. The molecule has 0 aromatic heterocycles. The van der Waals surface area contributed by atoms with Gasteiger partial charge in [-0.25, -0.2) is 0 Å². The Hall–Kier alpha value is -2.04. The van der Waals surface area contributed by atoms with Crippen LogP contribution in [0.15, 0.2) is 24.3 Å². The van der Waals surface area contributed by atoms with E-state index in [0.29, 0.717) is 6.42 Å². The molecule has 5 heteroatoms. The zero-order valence-corrected chi connectivity index (χ0v) is 15.9.